The number of carbonyl (C=O) groups excluding carboxylic acids is 2. The third-order valence-corrected chi connectivity index (χ3v) is 6.09. The second-order valence-electron chi connectivity index (χ2n) is 8.63. The van der Waals surface area contributed by atoms with Gasteiger partial charge in [0.2, 0.25) is 11.8 Å². The molecule has 25 heavy (non-hydrogen) atoms. The lowest BCUT2D eigenvalue weighted by molar-refractivity contribution is -0.144. The Kier molecular flexibility index (Phi) is 5.24. The molecule has 2 aliphatic heterocycles. The molecule has 1 aliphatic carbocycles. The van der Waals surface area contributed by atoms with Crippen molar-refractivity contribution in [2.75, 3.05) is 39.4 Å². The van der Waals surface area contributed by atoms with E-state index in [1.165, 1.54) is 5.57 Å². The number of ether oxygens (including phenoxy) is 1. The van der Waals surface area contributed by atoms with Crippen LogP contribution in [0.15, 0.2) is 11.6 Å². The monoisotopic (exact) mass is 348 g/mol. The molecule has 0 bridgehead atoms. The highest BCUT2D eigenvalue weighted by Gasteiger charge is 2.61. The van der Waals surface area contributed by atoms with E-state index in [0.717, 1.165) is 19.4 Å². The molecule has 3 atom stereocenters. The van der Waals surface area contributed by atoms with E-state index in [9.17, 15) is 9.59 Å². The van der Waals surface area contributed by atoms with Crippen LogP contribution in [0, 0.1) is 23.2 Å². The van der Waals surface area contributed by atoms with Crippen molar-refractivity contribution in [1.82, 2.24) is 9.80 Å². The SMILES string of the molecule is CC(C)=C[C@@H]1[C@@H](C(=O)N2CCC[C@H](C(=O)N3CCOCC3)C2)C1(C)C. The largest absolute Gasteiger partial charge is 0.378 e. The minimum atomic E-state index is -0.0421. The van der Waals surface area contributed by atoms with E-state index < -0.39 is 0 Å². The van der Waals surface area contributed by atoms with E-state index in [4.69, 9.17) is 4.74 Å². The van der Waals surface area contributed by atoms with Crippen LogP contribution in [0.3, 0.4) is 0 Å². The average molecular weight is 348 g/mol. The Balaban J connectivity index is 1.62. The Hall–Kier alpha value is -1.36. The van der Waals surface area contributed by atoms with E-state index in [1.807, 2.05) is 9.80 Å². The standard InChI is InChI=1S/C20H32N2O3/c1-14(2)12-16-17(20(16,3)4)19(24)22-7-5-6-15(13-22)18(23)21-8-10-25-11-9-21/h12,15-17H,5-11,13H2,1-4H3/t15-,16+,17-/m0/s1. The predicted octanol–water partition coefficient (Wildman–Crippen LogP) is 2.32. The maximum Gasteiger partial charge on any atom is 0.227 e. The number of rotatable bonds is 3. The van der Waals surface area contributed by atoms with Crippen LogP contribution in [0.1, 0.15) is 40.5 Å². The molecule has 3 aliphatic rings. The lowest BCUT2D eigenvalue weighted by Crippen LogP contribution is -2.50. The topological polar surface area (TPSA) is 49.9 Å². The molecule has 3 fully saturated rings. The quantitative estimate of drug-likeness (QED) is 0.736. The zero-order valence-corrected chi connectivity index (χ0v) is 16.1. The van der Waals surface area contributed by atoms with E-state index in [2.05, 4.69) is 33.8 Å². The van der Waals surface area contributed by atoms with Crippen LogP contribution >= 0.6 is 0 Å². The summed E-state index contributed by atoms with van der Waals surface area (Å²) < 4.78 is 5.34. The average Bonchev–Trinajstić information content (AvgIpc) is 3.13. The van der Waals surface area contributed by atoms with Crippen LogP contribution in [0.2, 0.25) is 0 Å². The molecule has 5 nitrogen and oxygen atoms in total. The predicted molar refractivity (Wildman–Crippen MR) is 96.9 cm³/mol. The summed E-state index contributed by atoms with van der Waals surface area (Å²) in [6, 6.07) is 0. The number of hydrogen-bond donors (Lipinski definition) is 0. The number of hydrogen-bond acceptors (Lipinski definition) is 3. The number of amides is 2. The van der Waals surface area contributed by atoms with E-state index in [-0.39, 0.29) is 29.1 Å². The lowest BCUT2D eigenvalue weighted by atomic mass is 9.95. The molecule has 5 heteroatoms. The maximum atomic E-state index is 13.1. The molecular formula is C20H32N2O3. The Morgan fingerprint density at radius 3 is 2.36 bits per heavy atom. The summed E-state index contributed by atoms with van der Waals surface area (Å²) in [5.41, 5.74) is 1.31. The minimum Gasteiger partial charge on any atom is -0.378 e. The highest BCUT2D eigenvalue weighted by atomic mass is 16.5. The summed E-state index contributed by atoms with van der Waals surface area (Å²) >= 11 is 0. The molecule has 0 radical (unpaired) electrons. The fourth-order valence-corrected chi connectivity index (χ4v) is 4.44. The molecule has 3 rings (SSSR count). The fourth-order valence-electron chi connectivity index (χ4n) is 4.44. The molecule has 2 saturated heterocycles. The zero-order valence-electron chi connectivity index (χ0n) is 16.1. The molecule has 2 amide bonds. The number of nitrogens with zero attached hydrogens (tertiary/aromatic N) is 2. The summed E-state index contributed by atoms with van der Waals surface area (Å²) in [7, 11) is 0. The number of allylic oxidation sites excluding steroid dienone is 2. The van der Waals surface area contributed by atoms with Crippen LogP contribution in [-0.4, -0.2) is 61.0 Å². The summed E-state index contributed by atoms with van der Waals surface area (Å²) in [5, 5.41) is 0. The first-order valence-electron chi connectivity index (χ1n) is 9.62. The third kappa shape index (κ3) is 3.76. The van der Waals surface area contributed by atoms with Gasteiger partial charge in [-0.1, -0.05) is 25.5 Å². The normalized spacial score (nSPS) is 31.4. The smallest absolute Gasteiger partial charge is 0.227 e. The van der Waals surface area contributed by atoms with Crippen LogP contribution in [0.4, 0.5) is 0 Å². The van der Waals surface area contributed by atoms with Crippen molar-refractivity contribution < 1.29 is 14.3 Å². The molecule has 0 unspecified atom stereocenters. The molecule has 0 aromatic rings. The van der Waals surface area contributed by atoms with Gasteiger partial charge in [0, 0.05) is 26.2 Å². The van der Waals surface area contributed by atoms with Crippen molar-refractivity contribution >= 4 is 11.8 Å². The Labute approximate surface area is 151 Å². The lowest BCUT2D eigenvalue weighted by Gasteiger charge is -2.36. The Morgan fingerprint density at radius 2 is 1.72 bits per heavy atom. The van der Waals surface area contributed by atoms with Crippen LogP contribution in [-0.2, 0) is 14.3 Å². The molecule has 0 N–H and O–H groups in total. The first-order valence-corrected chi connectivity index (χ1v) is 9.62. The summed E-state index contributed by atoms with van der Waals surface area (Å²) in [6.07, 6.45) is 4.06. The molecule has 1 saturated carbocycles. The maximum absolute atomic E-state index is 13.1. The Bertz CT molecular complexity index is 559. The van der Waals surface area contributed by atoms with Crippen molar-refractivity contribution in [3.63, 3.8) is 0 Å². The van der Waals surface area contributed by atoms with Gasteiger partial charge < -0.3 is 14.5 Å². The first-order chi connectivity index (χ1) is 11.8. The van der Waals surface area contributed by atoms with Crippen molar-refractivity contribution in [2.24, 2.45) is 23.2 Å². The van der Waals surface area contributed by atoms with Crippen LogP contribution in [0.25, 0.3) is 0 Å². The summed E-state index contributed by atoms with van der Waals surface area (Å²) in [4.78, 5) is 29.7. The Morgan fingerprint density at radius 1 is 1.04 bits per heavy atom. The minimum absolute atomic E-state index is 0.0372. The highest BCUT2D eigenvalue weighted by molar-refractivity contribution is 5.85. The van der Waals surface area contributed by atoms with Gasteiger partial charge in [-0.15, -0.1) is 0 Å². The number of likely N-dealkylation sites (tertiary alicyclic amines) is 1. The van der Waals surface area contributed by atoms with Gasteiger partial charge in [0.1, 0.15) is 0 Å². The van der Waals surface area contributed by atoms with Gasteiger partial charge in [0.25, 0.3) is 0 Å². The van der Waals surface area contributed by atoms with Crippen molar-refractivity contribution in [3.05, 3.63) is 11.6 Å². The van der Waals surface area contributed by atoms with Gasteiger partial charge in [-0.05, 0) is 38.0 Å². The van der Waals surface area contributed by atoms with Gasteiger partial charge in [-0.25, -0.2) is 0 Å². The van der Waals surface area contributed by atoms with Gasteiger partial charge >= 0.3 is 0 Å². The number of piperidine rings is 1. The molecule has 0 aromatic carbocycles. The van der Waals surface area contributed by atoms with E-state index in [1.54, 1.807) is 0 Å². The van der Waals surface area contributed by atoms with Gasteiger partial charge in [0.15, 0.2) is 0 Å². The second-order valence-corrected chi connectivity index (χ2v) is 8.63. The van der Waals surface area contributed by atoms with E-state index in [0.29, 0.717) is 38.8 Å². The van der Waals surface area contributed by atoms with Gasteiger partial charge in [0.05, 0.1) is 25.0 Å². The highest BCUT2D eigenvalue weighted by Crippen LogP contribution is 2.60. The van der Waals surface area contributed by atoms with Gasteiger partial charge in [-0.3, -0.25) is 9.59 Å². The van der Waals surface area contributed by atoms with Gasteiger partial charge in [-0.2, -0.15) is 0 Å². The molecule has 140 valence electrons. The number of carbonyl (C=O) groups is 2. The molecule has 0 aromatic heterocycles. The zero-order chi connectivity index (χ0) is 18.2. The van der Waals surface area contributed by atoms with E-state index >= 15 is 0 Å². The fraction of sp³-hybridized carbons (Fsp3) is 0.800. The van der Waals surface area contributed by atoms with Crippen molar-refractivity contribution in [2.45, 2.75) is 40.5 Å². The summed E-state index contributed by atoms with van der Waals surface area (Å²) in [6.45, 7) is 12.5. The van der Waals surface area contributed by atoms with Crippen LogP contribution in [0.5, 0.6) is 0 Å². The van der Waals surface area contributed by atoms with Crippen molar-refractivity contribution in [1.29, 1.82) is 0 Å². The first kappa shape index (κ1) is 18.4. The van der Waals surface area contributed by atoms with Crippen molar-refractivity contribution in [3.8, 4) is 0 Å². The third-order valence-electron chi connectivity index (χ3n) is 6.09. The molecular weight excluding hydrogens is 316 g/mol. The second kappa shape index (κ2) is 7.10. The number of morpholine rings is 1. The molecule has 0 spiro atoms. The van der Waals surface area contributed by atoms with Crippen LogP contribution < -0.4 is 0 Å². The summed E-state index contributed by atoms with van der Waals surface area (Å²) in [5.74, 6) is 0.809. The molecule has 2 heterocycles.